The van der Waals surface area contributed by atoms with Gasteiger partial charge in [-0.3, -0.25) is 0 Å². The van der Waals surface area contributed by atoms with Gasteiger partial charge in [-0.1, -0.05) is 18.7 Å². The number of anilines is 2. The zero-order valence-electron chi connectivity index (χ0n) is 13.6. The van der Waals surface area contributed by atoms with Gasteiger partial charge in [-0.05, 0) is 39.6 Å². The molecule has 0 spiro atoms. The zero-order valence-corrected chi connectivity index (χ0v) is 14.4. The molecular weight excluding hydrogens is 282 g/mol. The van der Waals surface area contributed by atoms with Crippen molar-refractivity contribution in [1.29, 1.82) is 0 Å². The van der Waals surface area contributed by atoms with Crippen LogP contribution >= 0.6 is 11.8 Å². The van der Waals surface area contributed by atoms with E-state index in [1.165, 1.54) is 6.42 Å². The van der Waals surface area contributed by atoms with E-state index in [0.29, 0.717) is 6.04 Å². The summed E-state index contributed by atoms with van der Waals surface area (Å²) in [5.41, 5.74) is 0. The predicted molar refractivity (Wildman–Crippen MR) is 91.5 cm³/mol. The average Bonchev–Trinajstić information content (AvgIpc) is 2.68. The number of aromatic nitrogens is 2. The van der Waals surface area contributed by atoms with Crippen molar-refractivity contribution >= 4 is 23.4 Å². The molecule has 1 aromatic heterocycles. The smallest absolute Gasteiger partial charge is 0.191 e. The third-order valence-electron chi connectivity index (χ3n) is 3.90. The lowest BCUT2D eigenvalue weighted by atomic mass is 10.2. The Hall–Kier alpha value is -1.01. The second-order valence-corrected chi connectivity index (χ2v) is 6.27. The van der Waals surface area contributed by atoms with Crippen molar-refractivity contribution in [2.45, 2.75) is 37.9 Å². The molecule has 21 heavy (non-hydrogen) atoms. The molecule has 2 heterocycles. The summed E-state index contributed by atoms with van der Waals surface area (Å²) in [5.74, 6) is 1.99. The fourth-order valence-corrected chi connectivity index (χ4v) is 3.19. The van der Waals surface area contributed by atoms with Gasteiger partial charge in [0.15, 0.2) is 5.16 Å². The molecule has 0 amide bonds. The molecule has 6 heteroatoms. The molecule has 1 saturated heterocycles. The van der Waals surface area contributed by atoms with Crippen LogP contribution in [0.5, 0.6) is 0 Å². The van der Waals surface area contributed by atoms with Crippen LogP contribution in [-0.4, -0.2) is 60.4 Å². The Morgan fingerprint density at radius 1 is 1.33 bits per heavy atom. The quantitative estimate of drug-likeness (QED) is 0.666. The molecular formula is C15H27N5S. The fraction of sp³-hybridized carbons (Fsp3) is 0.733. The Bertz CT molecular complexity index is 454. The molecule has 1 N–H and O–H groups in total. The minimum absolute atomic E-state index is 0.525. The molecule has 1 aromatic rings. The van der Waals surface area contributed by atoms with Crippen LogP contribution in [0.25, 0.3) is 0 Å². The van der Waals surface area contributed by atoms with Crippen LogP contribution in [-0.2, 0) is 0 Å². The Kier molecular flexibility index (Phi) is 6.11. The van der Waals surface area contributed by atoms with Crippen LogP contribution in [0.4, 0.5) is 11.6 Å². The largest absolute Gasteiger partial charge is 0.370 e. The SMILES string of the molecule is CCNc1cc(N2CCCN(C)CC2CC)nc(SC)n1. The first kappa shape index (κ1) is 16.4. The zero-order chi connectivity index (χ0) is 15.2. The lowest BCUT2D eigenvalue weighted by Gasteiger charge is -2.31. The van der Waals surface area contributed by atoms with Crippen molar-refractivity contribution in [2.24, 2.45) is 0 Å². The number of nitrogens with one attached hydrogen (secondary N) is 1. The highest BCUT2D eigenvalue weighted by Crippen LogP contribution is 2.24. The van der Waals surface area contributed by atoms with Crippen molar-refractivity contribution in [1.82, 2.24) is 14.9 Å². The van der Waals surface area contributed by atoms with Crippen LogP contribution in [0.1, 0.15) is 26.7 Å². The maximum Gasteiger partial charge on any atom is 0.191 e. The molecule has 0 saturated carbocycles. The first-order chi connectivity index (χ1) is 10.2. The molecule has 0 radical (unpaired) electrons. The van der Waals surface area contributed by atoms with Crippen molar-refractivity contribution in [3.8, 4) is 0 Å². The Balaban J connectivity index is 2.30. The third kappa shape index (κ3) is 4.23. The molecule has 1 fully saturated rings. The third-order valence-corrected chi connectivity index (χ3v) is 4.45. The summed E-state index contributed by atoms with van der Waals surface area (Å²) < 4.78 is 0. The fourth-order valence-electron chi connectivity index (χ4n) is 2.82. The van der Waals surface area contributed by atoms with Gasteiger partial charge in [0.1, 0.15) is 11.6 Å². The van der Waals surface area contributed by atoms with Crippen molar-refractivity contribution in [3.05, 3.63) is 6.07 Å². The van der Waals surface area contributed by atoms with Gasteiger partial charge in [-0.2, -0.15) is 0 Å². The van der Waals surface area contributed by atoms with E-state index in [1.54, 1.807) is 11.8 Å². The Labute approximate surface area is 132 Å². The number of thioether (sulfide) groups is 1. The second kappa shape index (κ2) is 7.84. The van der Waals surface area contributed by atoms with E-state index in [2.05, 4.69) is 47.1 Å². The summed E-state index contributed by atoms with van der Waals surface area (Å²) in [6.07, 6.45) is 4.35. The first-order valence-electron chi connectivity index (χ1n) is 7.80. The maximum atomic E-state index is 4.74. The van der Waals surface area contributed by atoms with E-state index in [9.17, 15) is 0 Å². The number of nitrogens with zero attached hydrogens (tertiary/aromatic N) is 4. The van der Waals surface area contributed by atoms with Gasteiger partial charge >= 0.3 is 0 Å². The molecule has 1 unspecified atom stereocenters. The van der Waals surface area contributed by atoms with Crippen LogP contribution < -0.4 is 10.2 Å². The van der Waals surface area contributed by atoms with Gasteiger partial charge in [-0.15, -0.1) is 0 Å². The van der Waals surface area contributed by atoms with Crippen LogP contribution in [0.15, 0.2) is 11.2 Å². The van der Waals surface area contributed by atoms with Crippen molar-refractivity contribution in [2.75, 3.05) is 49.7 Å². The highest BCUT2D eigenvalue weighted by atomic mass is 32.2. The van der Waals surface area contributed by atoms with Gasteiger partial charge in [-0.25, -0.2) is 9.97 Å². The minimum atomic E-state index is 0.525. The molecule has 2 rings (SSSR count). The Morgan fingerprint density at radius 3 is 2.81 bits per heavy atom. The van der Waals surface area contributed by atoms with E-state index in [-0.39, 0.29) is 0 Å². The van der Waals surface area contributed by atoms with Gasteiger partial charge < -0.3 is 15.1 Å². The monoisotopic (exact) mass is 309 g/mol. The molecule has 0 aliphatic carbocycles. The van der Waals surface area contributed by atoms with E-state index in [0.717, 1.165) is 49.4 Å². The normalized spacial score (nSPS) is 20.4. The molecule has 1 aliphatic heterocycles. The van der Waals surface area contributed by atoms with Crippen molar-refractivity contribution < 1.29 is 0 Å². The maximum absolute atomic E-state index is 4.74. The summed E-state index contributed by atoms with van der Waals surface area (Å²) in [7, 11) is 2.21. The summed E-state index contributed by atoms with van der Waals surface area (Å²) in [6.45, 7) is 8.57. The van der Waals surface area contributed by atoms with Crippen LogP contribution in [0, 0.1) is 0 Å². The first-order valence-corrected chi connectivity index (χ1v) is 9.02. The number of hydrogen-bond acceptors (Lipinski definition) is 6. The van der Waals surface area contributed by atoms with Gasteiger partial charge in [0.25, 0.3) is 0 Å². The van der Waals surface area contributed by atoms with Gasteiger partial charge in [0.05, 0.1) is 0 Å². The number of rotatable bonds is 5. The Morgan fingerprint density at radius 2 is 2.14 bits per heavy atom. The average molecular weight is 309 g/mol. The minimum Gasteiger partial charge on any atom is -0.370 e. The standard InChI is InChI=1S/C15H27N5S/c1-5-12-11-19(3)8-7-9-20(12)14-10-13(16-6-2)17-15(18-14)21-4/h10,12H,5-9,11H2,1-4H3,(H,16,17,18). The van der Waals surface area contributed by atoms with E-state index in [4.69, 9.17) is 4.98 Å². The summed E-state index contributed by atoms with van der Waals surface area (Å²) in [5, 5.41) is 4.16. The molecule has 0 aromatic carbocycles. The van der Waals surface area contributed by atoms with E-state index >= 15 is 0 Å². The van der Waals surface area contributed by atoms with Crippen LogP contribution in [0.2, 0.25) is 0 Å². The molecule has 1 aliphatic rings. The molecule has 0 bridgehead atoms. The summed E-state index contributed by atoms with van der Waals surface area (Å²) >= 11 is 1.60. The predicted octanol–water partition coefficient (Wildman–Crippen LogP) is 2.55. The lowest BCUT2D eigenvalue weighted by Crippen LogP contribution is -2.40. The second-order valence-electron chi connectivity index (χ2n) is 5.50. The number of likely N-dealkylation sites (N-methyl/N-ethyl adjacent to an activating group) is 1. The van der Waals surface area contributed by atoms with E-state index < -0.39 is 0 Å². The summed E-state index contributed by atoms with van der Waals surface area (Å²) in [6, 6.07) is 2.62. The topological polar surface area (TPSA) is 44.3 Å². The lowest BCUT2D eigenvalue weighted by molar-refractivity contribution is 0.327. The van der Waals surface area contributed by atoms with E-state index in [1.807, 2.05) is 6.26 Å². The van der Waals surface area contributed by atoms with Crippen LogP contribution in [0.3, 0.4) is 0 Å². The molecule has 118 valence electrons. The molecule has 1 atom stereocenters. The highest BCUT2D eigenvalue weighted by Gasteiger charge is 2.24. The summed E-state index contributed by atoms with van der Waals surface area (Å²) in [4.78, 5) is 14.2. The van der Waals surface area contributed by atoms with Gasteiger partial charge in [0.2, 0.25) is 0 Å². The number of hydrogen-bond donors (Lipinski definition) is 1. The van der Waals surface area contributed by atoms with Gasteiger partial charge in [0, 0.05) is 31.7 Å². The highest BCUT2D eigenvalue weighted by molar-refractivity contribution is 7.98. The molecule has 5 nitrogen and oxygen atoms in total. The van der Waals surface area contributed by atoms with Crippen molar-refractivity contribution in [3.63, 3.8) is 0 Å².